The number of carbonyl (C=O) groups is 2. The minimum atomic E-state index is -4.73. The van der Waals surface area contributed by atoms with E-state index in [9.17, 15) is 27.9 Å². The Kier molecular flexibility index (Phi) is 8.51. The maximum Gasteiger partial charge on any atom is 0.411 e. The van der Waals surface area contributed by atoms with Crippen molar-refractivity contribution in [3.05, 3.63) is 88.7 Å². The number of morpholine rings is 1. The van der Waals surface area contributed by atoms with Crippen LogP contribution < -0.4 is 10.2 Å². The molecule has 0 saturated carbocycles. The molecule has 0 radical (unpaired) electrons. The largest absolute Gasteiger partial charge is 0.480 e. The standard InChI is InChI=1S/C31H27F5N4O4/c1-16-14-37-28(38-17(16)2)22-8-7-18(20-5-3-4-6-21(20)22)11-25(30(42)43)39-29(41)27-23(32)12-19(13-24(27)33)40-9-10-44-15-26(40)31(34,35)36/h3-8,12-14,25-26H,9-11,15H2,1-2H3,(H,39,41)(H,42,43). The van der Waals surface area contributed by atoms with Gasteiger partial charge in [0.15, 0.2) is 5.82 Å². The summed E-state index contributed by atoms with van der Waals surface area (Å²) in [5.74, 6) is -5.21. The number of benzene rings is 3. The molecule has 5 rings (SSSR count). The molecule has 2 N–H and O–H groups in total. The van der Waals surface area contributed by atoms with E-state index in [2.05, 4.69) is 15.3 Å². The normalized spacial score (nSPS) is 16.2. The van der Waals surface area contributed by atoms with Gasteiger partial charge in [0, 0.05) is 36.1 Å². The molecule has 1 saturated heterocycles. The van der Waals surface area contributed by atoms with Crippen LogP contribution in [0.15, 0.2) is 54.7 Å². The fraction of sp³-hybridized carbons (Fsp3) is 0.290. The van der Waals surface area contributed by atoms with Gasteiger partial charge in [0.25, 0.3) is 5.91 Å². The molecule has 230 valence electrons. The minimum Gasteiger partial charge on any atom is -0.480 e. The molecule has 1 aromatic heterocycles. The summed E-state index contributed by atoms with van der Waals surface area (Å²) in [6, 6.07) is 8.09. The number of hydrogen-bond acceptors (Lipinski definition) is 6. The Morgan fingerprint density at radius 1 is 1.09 bits per heavy atom. The molecule has 0 bridgehead atoms. The number of amides is 1. The molecular weight excluding hydrogens is 587 g/mol. The SMILES string of the molecule is Cc1cnc(-c2ccc(CC(NC(=O)c3c(F)cc(N4CCOCC4C(F)(F)F)cc3F)C(=O)O)c3ccccc23)nc1C. The lowest BCUT2D eigenvalue weighted by Crippen LogP contribution is -2.53. The van der Waals surface area contributed by atoms with Crippen molar-refractivity contribution in [3.63, 3.8) is 0 Å². The predicted molar refractivity (Wildman–Crippen MR) is 151 cm³/mol. The summed E-state index contributed by atoms with van der Waals surface area (Å²) in [5.41, 5.74) is 1.43. The third-order valence-corrected chi connectivity index (χ3v) is 7.60. The molecule has 0 spiro atoms. The number of halogens is 5. The summed E-state index contributed by atoms with van der Waals surface area (Å²) >= 11 is 0. The molecule has 1 amide bonds. The van der Waals surface area contributed by atoms with Crippen LogP contribution in [0.25, 0.3) is 22.2 Å². The summed E-state index contributed by atoms with van der Waals surface area (Å²) < 4.78 is 75.5. The molecule has 1 fully saturated rings. The molecular formula is C31H27F5N4O4. The monoisotopic (exact) mass is 614 g/mol. The van der Waals surface area contributed by atoms with E-state index in [4.69, 9.17) is 4.74 Å². The number of carbonyl (C=O) groups excluding carboxylic acids is 1. The van der Waals surface area contributed by atoms with Gasteiger partial charge >= 0.3 is 12.1 Å². The van der Waals surface area contributed by atoms with Crippen molar-refractivity contribution in [1.82, 2.24) is 15.3 Å². The summed E-state index contributed by atoms with van der Waals surface area (Å²) in [6.07, 6.45) is -3.26. The molecule has 1 aliphatic heterocycles. The van der Waals surface area contributed by atoms with Crippen LogP contribution in [-0.4, -0.2) is 65.0 Å². The summed E-state index contributed by atoms with van der Waals surface area (Å²) in [4.78, 5) is 34.9. The number of alkyl halides is 3. The number of carboxylic acid groups (broad SMARTS) is 1. The van der Waals surface area contributed by atoms with Crippen molar-refractivity contribution in [2.75, 3.05) is 24.7 Å². The third kappa shape index (κ3) is 6.18. The van der Waals surface area contributed by atoms with E-state index in [1.165, 1.54) is 0 Å². The number of aliphatic carboxylic acids is 1. The van der Waals surface area contributed by atoms with E-state index < -0.39 is 59.6 Å². The van der Waals surface area contributed by atoms with Gasteiger partial charge < -0.3 is 20.1 Å². The summed E-state index contributed by atoms with van der Waals surface area (Å²) in [6.45, 7) is 2.66. The molecule has 13 heteroatoms. The number of nitrogens with zero attached hydrogens (tertiary/aromatic N) is 3. The van der Waals surface area contributed by atoms with Gasteiger partial charge in [-0.15, -0.1) is 0 Å². The second-order valence-electron chi connectivity index (χ2n) is 10.5. The number of nitrogens with one attached hydrogen (secondary N) is 1. The van der Waals surface area contributed by atoms with Crippen molar-refractivity contribution in [2.45, 2.75) is 38.5 Å². The number of fused-ring (bicyclic) bond motifs is 1. The van der Waals surface area contributed by atoms with Crippen molar-refractivity contribution < 1.29 is 41.4 Å². The topological polar surface area (TPSA) is 105 Å². The number of anilines is 1. The fourth-order valence-corrected chi connectivity index (χ4v) is 5.17. The number of rotatable bonds is 7. The minimum absolute atomic E-state index is 0.0916. The Morgan fingerprint density at radius 2 is 1.77 bits per heavy atom. The van der Waals surface area contributed by atoms with Gasteiger partial charge in [-0.1, -0.05) is 36.4 Å². The fourth-order valence-electron chi connectivity index (χ4n) is 5.17. The zero-order valence-corrected chi connectivity index (χ0v) is 23.6. The molecule has 2 heterocycles. The van der Waals surface area contributed by atoms with Gasteiger partial charge in [-0.3, -0.25) is 4.79 Å². The summed E-state index contributed by atoms with van der Waals surface area (Å²) in [7, 11) is 0. The average Bonchev–Trinajstić information content (AvgIpc) is 2.97. The lowest BCUT2D eigenvalue weighted by Gasteiger charge is -2.38. The highest BCUT2D eigenvalue weighted by molar-refractivity contribution is 5.99. The zero-order valence-electron chi connectivity index (χ0n) is 23.6. The first kappa shape index (κ1) is 30.8. The molecule has 2 atom stereocenters. The smallest absolute Gasteiger partial charge is 0.411 e. The highest BCUT2D eigenvalue weighted by Gasteiger charge is 2.46. The Bertz CT molecular complexity index is 1720. The Hall–Kier alpha value is -4.65. The highest BCUT2D eigenvalue weighted by atomic mass is 19.4. The van der Waals surface area contributed by atoms with Crippen molar-refractivity contribution in [1.29, 1.82) is 0 Å². The maximum absolute atomic E-state index is 15.1. The van der Waals surface area contributed by atoms with Gasteiger partial charge in [-0.25, -0.2) is 23.5 Å². The number of hydrogen-bond donors (Lipinski definition) is 2. The Labute approximate surface area is 248 Å². The predicted octanol–water partition coefficient (Wildman–Crippen LogP) is 5.39. The zero-order chi connectivity index (χ0) is 31.8. The number of aromatic nitrogens is 2. The van der Waals surface area contributed by atoms with Crippen molar-refractivity contribution >= 4 is 28.3 Å². The lowest BCUT2D eigenvalue weighted by molar-refractivity contribution is -0.167. The Morgan fingerprint density at radius 3 is 2.41 bits per heavy atom. The first-order valence-corrected chi connectivity index (χ1v) is 13.6. The molecule has 4 aromatic rings. The quantitative estimate of drug-likeness (QED) is 0.269. The molecule has 44 heavy (non-hydrogen) atoms. The van der Waals surface area contributed by atoms with E-state index in [0.717, 1.165) is 21.5 Å². The van der Waals surface area contributed by atoms with E-state index in [0.29, 0.717) is 34.5 Å². The van der Waals surface area contributed by atoms with E-state index in [1.807, 2.05) is 19.9 Å². The van der Waals surface area contributed by atoms with Crippen molar-refractivity contribution in [2.24, 2.45) is 0 Å². The number of carboxylic acids is 1. The summed E-state index contributed by atoms with van der Waals surface area (Å²) in [5, 5.41) is 13.5. The van der Waals surface area contributed by atoms with Crippen LogP contribution >= 0.6 is 0 Å². The first-order chi connectivity index (χ1) is 20.8. The van der Waals surface area contributed by atoms with Crippen LogP contribution in [0.5, 0.6) is 0 Å². The maximum atomic E-state index is 15.1. The van der Waals surface area contributed by atoms with Gasteiger partial charge in [0.2, 0.25) is 0 Å². The molecule has 3 aromatic carbocycles. The van der Waals surface area contributed by atoms with Gasteiger partial charge in [0.1, 0.15) is 29.3 Å². The molecule has 0 aliphatic carbocycles. The second-order valence-corrected chi connectivity index (χ2v) is 10.5. The van der Waals surface area contributed by atoms with Gasteiger partial charge in [-0.2, -0.15) is 13.2 Å². The van der Waals surface area contributed by atoms with Crippen LogP contribution in [-0.2, 0) is 16.0 Å². The first-order valence-electron chi connectivity index (χ1n) is 13.6. The van der Waals surface area contributed by atoms with E-state index in [1.54, 1.807) is 36.5 Å². The number of ether oxygens (including phenoxy) is 1. The average molecular weight is 615 g/mol. The third-order valence-electron chi connectivity index (χ3n) is 7.60. The Balaban J connectivity index is 1.42. The van der Waals surface area contributed by atoms with Crippen molar-refractivity contribution in [3.8, 4) is 11.4 Å². The number of aryl methyl sites for hydroxylation is 2. The van der Waals surface area contributed by atoms with E-state index in [-0.39, 0.29) is 19.6 Å². The van der Waals surface area contributed by atoms with Crippen LogP contribution in [0, 0.1) is 25.5 Å². The lowest BCUT2D eigenvalue weighted by atomic mass is 9.95. The van der Waals surface area contributed by atoms with E-state index >= 15 is 8.78 Å². The highest BCUT2D eigenvalue weighted by Crippen LogP contribution is 2.33. The van der Waals surface area contributed by atoms with Gasteiger partial charge in [0.05, 0.1) is 13.2 Å². The van der Waals surface area contributed by atoms with Crippen LogP contribution in [0.3, 0.4) is 0 Å². The van der Waals surface area contributed by atoms with Crippen LogP contribution in [0.1, 0.15) is 27.2 Å². The molecule has 8 nitrogen and oxygen atoms in total. The van der Waals surface area contributed by atoms with Crippen LogP contribution in [0.2, 0.25) is 0 Å². The molecule has 2 unspecified atom stereocenters. The van der Waals surface area contributed by atoms with Crippen LogP contribution in [0.4, 0.5) is 27.6 Å². The van der Waals surface area contributed by atoms with Gasteiger partial charge in [-0.05, 0) is 47.9 Å². The molecule has 1 aliphatic rings. The second kappa shape index (κ2) is 12.2.